The lowest BCUT2D eigenvalue weighted by atomic mass is 10.2. The van der Waals surface area contributed by atoms with E-state index in [1.54, 1.807) is 0 Å². The highest BCUT2D eigenvalue weighted by atomic mass is 127. The van der Waals surface area contributed by atoms with Crippen molar-refractivity contribution in [1.29, 1.82) is 0 Å². The Morgan fingerprint density at radius 3 is 2.60 bits per heavy atom. The van der Waals surface area contributed by atoms with E-state index in [2.05, 4.69) is 20.0 Å². The minimum absolute atomic E-state index is 0. The molecule has 0 unspecified atom stereocenters. The predicted octanol–water partition coefficient (Wildman–Crippen LogP) is 2.98. The SMILES string of the molecule is I.NC(=NC[C@H]1CC[C@@H](c2nc(C3CC3)no2)O1)N1CCCCCC1. The lowest BCUT2D eigenvalue weighted by Crippen LogP contribution is -2.38. The van der Waals surface area contributed by atoms with Gasteiger partial charge >= 0.3 is 0 Å². The fourth-order valence-electron chi connectivity index (χ4n) is 3.50. The van der Waals surface area contributed by atoms with E-state index in [0.29, 0.717) is 24.3 Å². The first-order valence-electron chi connectivity index (χ1n) is 9.33. The molecule has 2 atom stereocenters. The van der Waals surface area contributed by atoms with Gasteiger partial charge in [-0.15, -0.1) is 24.0 Å². The normalized spacial score (nSPS) is 27.8. The Bertz CT molecular complexity index is 581. The second-order valence-electron chi connectivity index (χ2n) is 7.19. The molecule has 0 aromatic carbocycles. The molecule has 0 spiro atoms. The Hall–Kier alpha value is -0.900. The summed E-state index contributed by atoms with van der Waals surface area (Å²) in [5.74, 6) is 2.65. The van der Waals surface area contributed by atoms with Gasteiger partial charge < -0.3 is 19.9 Å². The molecule has 2 saturated heterocycles. The molecule has 7 nitrogen and oxygen atoms in total. The Balaban J connectivity index is 0.00000182. The average Bonchev–Trinajstić information content (AvgIpc) is 3.24. The minimum Gasteiger partial charge on any atom is -0.370 e. The van der Waals surface area contributed by atoms with E-state index in [4.69, 9.17) is 15.0 Å². The summed E-state index contributed by atoms with van der Waals surface area (Å²) in [6.45, 7) is 2.66. The molecule has 3 fully saturated rings. The average molecular weight is 461 g/mol. The molecule has 3 aliphatic rings. The van der Waals surface area contributed by atoms with Crippen LogP contribution in [0.5, 0.6) is 0 Å². The molecule has 140 valence electrons. The van der Waals surface area contributed by atoms with E-state index >= 15 is 0 Å². The van der Waals surface area contributed by atoms with Gasteiger partial charge in [-0.1, -0.05) is 18.0 Å². The van der Waals surface area contributed by atoms with Crippen molar-refractivity contribution in [2.75, 3.05) is 19.6 Å². The maximum atomic E-state index is 6.16. The number of hydrogen-bond acceptors (Lipinski definition) is 5. The molecule has 1 aliphatic carbocycles. The molecule has 4 rings (SSSR count). The lowest BCUT2D eigenvalue weighted by molar-refractivity contribution is 0.0308. The number of nitrogens with two attached hydrogens (primary N) is 1. The van der Waals surface area contributed by atoms with Crippen LogP contribution in [0.1, 0.15) is 75.1 Å². The van der Waals surface area contributed by atoms with Gasteiger partial charge in [0.2, 0.25) is 0 Å². The molecule has 0 radical (unpaired) electrons. The van der Waals surface area contributed by atoms with E-state index in [9.17, 15) is 0 Å². The van der Waals surface area contributed by atoms with E-state index in [1.165, 1.54) is 38.5 Å². The van der Waals surface area contributed by atoms with Crippen molar-refractivity contribution >= 4 is 29.9 Å². The van der Waals surface area contributed by atoms with Crippen LogP contribution in [0, 0.1) is 0 Å². The number of guanidine groups is 1. The number of nitrogens with zero attached hydrogens (tertiary/aromatic N) is 4. The highest BCUT2D eigenvalue weighted by molar-refractivity contribution is 14.0. The van der Waals surface area contributed by atoms with E-state index in [0.717, 1.165) is 31.8 Å². The smallest absolute Gasteiger partial charge is 0.255 e. The van der Waals surface area contributed by atoms with Gasteiger partial charge in [0.15, 0.2) is 11.8 Å². The van der Waals surface area contributed by atoms with Crippen molar-refractivity contribution in [2.24, 2.45) is 10.7 Å². The number of aliphatic imine (C=N–C) groups is 1. The first-order valence-corrected chi connectivity index (χ1v) is 9.33. The summed E-state index contributed by atoms with van der Waals surface area (Å²) in [7, 11) is 0. The Kier molecular flexibility index (Phi) is 6.54. The van der Waals surface area contributed by atoms with Crippen LogP contribution in [0.3, 0.4) is 0 Å². The number of likely N-dealkylation sites (tertiary alicyclic amines) is 1. The summed E-state index contributed by atoms with van der Waals surface area (Å²) in [6.07, 6.45) is 9.25. The maximum absolute atomic E-state index is 6.16. The highest BCUT2D eigenvalue weighted by Gasteiger charge is 2.34. The fourth-order valence-corrected chi connectivity index (χ4v) is 3.50. The summed E-state index contributed by atoms with van der Waals surface area (Å²) in [4.78, 5) is 11.3. The molecule has 1 aromatic rings. The van der Waals surface area contributed by atoms with Crippen LogP contribution in [0.25, 0.3) is 0 Å². The van der Waals surface area contributed by atoms with Crippen LogP contribution in [0.15, 0.2) is 9.52 Å². The van der Waals surface area contributed by atoms with Crippen molar-refractivity contribution in [3.63, 3.8) is 0 Å². The zero-order chi connectivity index (χ0) is 16.4. The van der Waals surface area contributed by atoms with Crippen molar-refractivity contribution in [2.45, 2.75) is 69.5 Å². The number of ether oxygens (including phenoxy) is 1. The van der Waals surface area contributed by atoms with Gasteiger partial charge in [0.25, 0.3) is 5.89 Å². The van der Waals surface area contributed by atoms with Gasteiger partial charge in [-0.05, 0) is 38.5 Å². The first kappa shape index (κ1) is 18.9. The summed E-state index contributed by atoms with van der Waals surface area (Å²) >= 11 is 0. The molecular formula is C17H28IN5O2. The third-order valence-corrected chi connectivity index (χ3v) is 5.17. The lowest BCUT2D eigenvalue weighted by Gasteiger charge is -2.21. The van der Waals surface area contributed by atoms with Crippen LogP contribution >= 0.6 is 24.0 Å². The minimum atomic E-state index is -0.0791. The quantitative estimate of drug-likeness (QED) is 0.421. The molecule has 3 heterocycles. The van der Waals surface area contributed by atoms with Crippen LogP contribution in [-0.4, -0.2) is 46.7 Å². The summed E-state index contributed by atoms with van der Waals surface area (Å²) in [5, 5.41) is 4.07. The molecule has 8 heteroatoms. The zero-order valence-corrected chi connectivity index (χ0v) is 16.9. The maximum Gasteiger partial charge on any atom is 0.255 e. The van der Waals surface area contributed by atoms with Crippen LogP contribution in [-0.2, 0) is 4.74 Å². The second-order valence-corrected chi connectivity index (χ2v) is 7.19. The van der Waals surface area contributed by atoms with Gasteiger partial charge in [0.05, 0.1) is 12.6 Å². The summed E-state index contributed by atoms with van der Waals surface area (Å²) in [6, 6.07) is 0. The van der Waals surface area contributed by atoms with Crippen LogP contribution in [0.2, 0.25) is 0 Å². The van der Waals surface area contributed by atoms with Crippen molar-refractivity contribution in [3.05, 3.63) is 11.7 Å². The largest absolute Gasteiger partial charge is 0.370 e. The van der Waals surface area contributed by atoms with E-state index < -0.39 is 0 Å². The van der Waals surface area contributed by atoms with Crippen molar-refractivity contribution in [1.82, 2.24) is 15.0 Å². The highest BCUT2D eigenvalue weighted by Crippen LogP contribution is 2.39. The molecule has 0 amide bonds. The predicted molar refractivity (Wildman–Crippen MR) is 105 cm³/mol. The van der Waals surface area contributed by atoms with Crippen LogP contribution < -0.4 is 5.73 Å². The van der Waals surface area contributed by atoms with Gasteiger partial charge in [0, 0.05) is 19.0 Å². The van der Waals surface area contributed by atoms with Crippen LogP contribution in [0.4, 0.5) is 0 Å². The van der Waals surface area contributed by atoms with Crippen molar-refractivity contribution < 1.29 is 9.26 Å². The fraction of sp³-hybridized carbons (Fsp3) is 0.824. The molecule has 1 saturated carbocycles. The number of halogens is 1. The third-order valence-electron chi connectivity index (χ3n) is 5.17. The molecular weight excluding hydrogens is 433 g/mol. The first-order chi connectivity index (χ1) is 11.8. The van der Waals surface area contributed by atoms with Gasteiger partial charge in [-0.25, -0.2) is 0 Å². The molecule has 2 N–H and O–H groups in total. The third kappa shape index (κ3) is 4.84. The number of rotatable bonds is 4. The molecule has 2 aliphatic heterocycles. The monoisotopic (exact) mass is 461 g/mol. The summed E-state index contributed by atoms with van der Waals surface area (Å²) in [5.41, 5.74) is 6.16. The molecule has 1 aromatic heterocycles. The zero-order valence-electron chi connectivity index (χ0n) is 14.6. The van der Waals surface area contributed by atoms with E-state index in [1.807, 2.05) is 0 Å². The number of hydrogen-bond donors (Lipinski definition) is 1. The standard InChI is InChI=1S/C17H27N5O2.HI/c18-17(22-9-3-1-2-4-10-22)19-11-13-7-8-14(23-13)16-20-15(21-24-16)12-5-6-12;/h12-14H,1-11H2,(H2,18,19);1H/t13-,14+;/m1./s1. The molecule has 25 heavy (non-hydrogen) atoms. The Labute approximate surface area is 165 Å². The Morgan fingerprint density at radius 2 is 1.88 bits per heavy atom. The topological polar surface area (TPSA) is 89.8 Å². The number of aromatic nitrogens is 2. The van der Waals surface area contributed by atoms with Gasteiger partial charge in [0.1, 0.15) is 6.10 Å². The van der Waals surface area contributed by atoms with Crippen molar-refractivity contribution in [3.8, 4) is 0 Å². The summed E-state index contributed by atoms with van der Waals surface area (Å²) < 4.78 is 11.4. The second kappa shape index (κ2) is 8.66. The van der Waals surface area contributed by atoms with E-state index in [-0.39, 0.29) is 36.2 Å². The molecule has 0 bridgehead atoms. The van der Waals surface area contributed by atoms with Gasteiger partial charge in [-0.2, -0.15) is 4.98 Å². The Morgan fingerprint density at radius 1 is 1.12 bits per heavy atom. The van der Waals surface area contributed by atoms with Gasteiger partial charge in [-0.3, -0.25) is 4.99 Å².